The minimum Gasteiger partial charge on any atom is -0.319 e. The molecule has 0 spiro atoms. The van der Waals surface area contributed by atoms with E-state index in [0.29, 0.717) is 21.4 Å². The van der Waals surface area contributed by atoms with Gasteiger partial charge in [-0.1, -0.05) is 29.3 Å². The summed E-state index contributed by atoms with van der Waals surface area (Å²) in [6.07, 6.45) is 0. The van der Waals surface area contributed by atoms with Gasteiger partial charge in [-0.05, 0) is 26.0 Å². The minimum absolute atomic E-state index is 0.317. The summed E-state index contributed by atoms with van der Waals surface area (Å²) < 4.78 is 0. The Morgan fingerprint density at radius 2 is 2.06 bits per heavy atom. The van der Waals surface area contributed by atoms with Crippen LogP contribution in [0.25, 0.3) is 0 Å². The van der Waals surface area contributed by atoms with Gasteiger partial charge in [0.1, 0.15) is 0 Å². The molecule has 0 aliphatic heterocycles. The van der Waals surface area contributed by atoms with E-state index in [2.05, 4.69) is 15.5 Å². The number of hydrogen-bond acceptors (Lipinski definition) is 2. The molecule has 1 aromatic carbocycles. The van der Waals surface area contributed by atoms with Crippen LogP contribution in [0.4, 0.5) is 5.69 Å². The number of benzene rings is 1. The number of aromatic nitrogens is 2. The molecule has 0 unspecified atom stereocenters. The van der Waals surface area contributed by atoms with Crippen LogP contribution in [0.3, 0.4) is 0 Å². The van der Waals surface area contributed by atoms with Gasteiger partial charge in [-0.3, -0.25) is 9.89 Å². The van der Waals surface area contributed by atoms with E-state index in [9.17, 15) is 4.79 Å². The van der Waals surface area contributed by atoms with E-state index < -0.39 is 0 Å². The Balaban J connectivity index is 2.27. The average molecular weight is 284 g/mol. The molecular weight excluding hydrogens is 273 g/mol. The van der Waals surface area contributed by atoms with Crippen molar-refractivity contribution in [3.63, 3.8) is 0 Å². The highest BCUT2D eigenvalue weighted by Gasteiger charge is 2.16. The van der Waals surface area contributed by atoms with E-state index in [-0.39, 0.29) is 5.91 Å². The number of rotatable bonds is 2. The minimum atomic E-state index is -0.319. The number of aryl methyl sites for hydroxylation is 1. The number of hydrogen-bond donors (Lipinski definition) is 2. The molecule has 94 valence electrons. The summed E-state index contributed by atoms with van der Waals surface area (Å²) >= 11 is 11.9. The standard InChI is InChI=1S/C12H11Cl2N3O/c1-6-7(2)16-17-11(6)12(18)15-9-5-3-4-8(13)10(9)14/h3-5H,1-2H3,(H,15,18)(H,16,17). The number of amides is 1. The van der Waals surface area contributed by atoms with Gasteiger partial charge >= 0.3 is 0 Å². The lowest BCUT2D eigenvalue weighted by Crippen LogP contribution is -2.14. The largest absolute Gasteiger partial charge is 0.319 e. The second-order valence-corrected chi connectivity index (χ2v) is 4.66. The summed E-state index contributed by atoms with van der Waals surface area (Å²) in [6.45, 7) is 3.68. The highest BCUT2D eigenvalue weighted by atomic mass is 35.5. The van der Waals surface area contributed by atoms with Crippen molar-refractivity contribution in [3.8, 4) is 0 Å². The molecule has 1 aromatic heterocycles. The number of halogens is 2. The molecule has 0 saturated carbocycles. The van der Waals surface area contributed by atoms with E-state index in [1.807, 2.05) is 13.8 Å². The molecule has 2 rings (SSSR count). The highest BCUT2D eigenvalue weighted by Crippen LogP contribution is 2.29. The van der Waals surface area contributed by atoms with Crippen LogP contribution < -0.4 is 5.32 Å². The van der Waals surface area contributed by atoms with Crippen molar-refractivity contribution in [2.75, 3.05) is 5.32 Å². The molecule has 1 heterocycles. The Kier molecular flexibility index (Phi) is 3.59. The fraction of sp³-hybridized carbons (Fsp3) is 0.167. The maximum absolute atomic E-state index is 12.0. The molecule has 2 N–H and O–H groups in total. The molecule has 0 fully saturated rings. The summed E-state index contributed by atoms with van der Waals surface area (Å²) in [6, 6.07) is 5.05. The second kappa shape index (κ2) is 5.00. The molecule has 18 heavy (non-hydrogen) atoms. The van der Waals surface area contributed by atoms with Crippen LogP contribution in [-0.4, -0.2) is 16.1 Å². The fourth-order valence-electron chi connectivity index (χ4n) is 1.49. The Bertz CT molecular complexity index is 607. The molecule has 0 aliphatic carbocycles. The first-order valence-corrected chi connectivity index (χ1v) is 6.03. The summed E-state index contributed by atoms with van der Waals surface area (Å²) in [5, 5.41) is 10.1. The molecule has 1 amide bonds. The predicted molar refractivity (Wildman–Crippen MR) is 72.5 cm³/mol. The maximum atomic E-state index is 12.0. The zero-order valence-electron chi connectivity index (χ0n) is 9.84. The zero-order valence-corrected chi connectivity index (χ0v) is 11.4. The van der Waals surface area contributed by atoms with Crippen LogP contribution in [0.2, 0.25) is 10.0 Å². The van der Waals surface area contributed by atoms with Gasteiger partial charge in [0.15, 0.2) is 5.69 Å². The number of carbonyl (C=O) groups is 1. The molecule has 0 aliphatic rings. The summed E-state index contributed by atoms with van der Waals surface area (Å²) in [4.78, 5) is 12.0. The van der Waals surface area contributed by atoms with Crippen LogP contribution in [-0.2, 0) is 0 Å². The quantitative estimate of drug-likeness (QED) is 0.885. The Labute approximate surface area is 114 Å². The van der Waals surface area contributed by atoms with Gasteiger partial charge < -0.3 is 5.32 Å². The lowest BCUT2D eigenvalue weighted by molar-refractivity contribution is 0.102. The molecule has 2 aromatic rings. The number of carbonyl (C=O) groups excluding carboxylic acids is 1. The topological polar surface area (TPSA) is 57.8 Å². The Hall–Kier alpha value is -1.52. The monoisotopic (exact) mass is 283 g/mol. The third kappa shape index (κ3) is 2.35. The van der Waals surface area contributed by atoms with Gasteiger partial charge in [0.25, 0.3) is 5.91 Å². The van der Waals surface area contributed by atoms with Crippen LogP contribution in [0.1, 0.15) is 21.7 Å². The summed E-state index contributed by atoms with van der Waals surface area (Å²) in [5.41, 5.74) is 2.49. The van der Waals surface area contributed by atoms with Crippen LogP contribution in [0.5, 0.6) is 0 Å². The van der Waals surface area contributed by atoms with E-state index in [4.69, 9.17) is 23.2 Å². The molecule has 0 radical (unpaired) electrons. The second-order valence-electron chi connectivity index (χ2n) is 3.88. The normalized spacial score (nSPS) is 10.4. The SMILES string of the molecule is Cc1[nH]nc(C(=O)Nc2cccc(Cl)c2Cl)c1C. The van der Waals surface area contributed by atoms with E-state index in [0.717, 1.165) is 11.3 Å². The molecule has 0 atom stereocenters. The van der Waals surface area contributed by atoms with Crippen molar-refractivity contribution in [3.05, 3.63) is 45.2 Å². The van der Waals surface area contributed by atoms with Crippen molar-refractivity contribution in [1.82, 2.24) is 10.2 Å². The molecular formula is C12H11Cl2N3O. The lowest BCUT2D eigenvalue weighted by atomic mass is 10.2. The third-order valence-corrected chi connectivity index (χ3v) is 3.49. The Morgan fingerprint density at radius 3 is 2.67 bits per heavy atom. The van der Waals surface area contributed by atoms with Gasteiger partial charge in [0, 0.05) is 11.3 Å². The summed E-state index contributed by atoms with van der Waals surface area (Å²) in [7, 11) is 0. The molecule has 4 nitrogen and oxygen atoms in total. The first-order chi connectivity index (χ1) is 8.50. The number of anilines is 1. The van der Waals surface area contributed by atoms with Crippen LogP contribution in [0.15, 0.2) is 18.2 Å². The van der Waals surface area contributed by atoms with E-state index in [1.54, 1.807) is 18.2 Å². The first kappa shape index (κ1) is 12.9. The van der Waals surface area contributed by atoms with Crippen LogP contribution >= 0.6 is 23.2 Å². The average Bonchev–Trinajstić information content (AvgIpc) is 2.66. The fourth-order valence-corrected chi connectivity index (χ4v) is 1.84. The lowest BCUT2D eigenvalue weighted by Gasteiger charge is -2.07. The number of nitrogens with one attached hydrogen (secondary N) is 2. The van der Waals surface area contributed by atoms with Gasteiger partial charge in [-0.25, -0.2) is 0 Å². The molecule has 0 saturated heterocycles. The molecule has 0 bridgehead atoms. The van der Waals surface area contributed by atoms with Gasteiger partial charge in [-0.2, -0.15) is 5.10 Å². The summed E-state index contributed by atoms with van der Waals surface area (Å²) in [5.74, 6) is -0.319. The first-order valence-electron chi connectivity index (χ1n) is 5.27. The highest BCUT2D eigenvalue weighted by molar-refractivity contribution is 6.44. The Morgan fingerprint density at radius 1 is 1.33 bits per heavy atom. The number of H-pyrrole nitrogens is 1. The van der Waals surface area contributed by atoms with Crippen molar-refractivity contribution >= 4 is 34.8 Å². The van der Waals surface area contributed by atoms with Crippen molar-refractivity contribution < 1.29 is 4.79 Å². The smallest absolute Gasteiger partial charge is 0.276 e. The number of nitrogens with zero attached hydrogens (tertiary/aromatic N) is 1. The van der Waals surface area contributed by atoms with Crippen molar-refractivity contribution in [2.24, 2.45) is 0 Å². The maximum Gasteiger partial charge on any atom is 0.276 e. The molecule has 6 heteroatoms. The van der Waals surface area contributed by atoms with Crippen molar-refractivity contribution in [1.29, 1.82) is 0 Å². The van der Waals surface area contributed by atoms with E-state index in [1.165, 1.54) is 0 Å². The third-order valence-electron chi connectivity index (χ3n) is 2.67. The zero-order chi connectivity index (χ0) is 13.3. The van der Waals surface area contributed by atoms with E-state index >= 15 is 0 Å². The predicted octanol–water partition coefficient (Wildman–Crippen LogP) is 3.59. The van der Waals surface area contributed by atoms with Gasteiger partial charge in [-0.15, -0.1) is 0 Å². The number of aromatic amines is 1. The van der Waals surface area contributed by atoms with Gasteiger partial charge in [0.2, 0.25) is 0 Å². The van der Waals surface area contributed by atoms with Crippen LogP contribution in [0, 0.1) is 13.8 Å². The van der Waals surface area contributed by atoms with Gasteiger partial charge in [0.05, 0.1) is 15.7 Å². The van der Waals surface area contributed by atoms with Crippen molar-refractivity contribution in [2.45, 2.75) is 13.8 Å².